The molecular formula is C8H10BrF2N3. The number of nitrogens with zero attached hydrogens (tertiary/aromatic N) is 2. The molecule has 0 unspecified atom stereocenters. The third-order valence-electron chi connectivity index (χ3n) is 1.53. The van der Waals surface area contributed by atoms with Crippen molar-refractivity contribution in [2.45, 2.75) is 12.8 Å². The highest BCUT2D eigenvalue weighted by Crippen LogP contribution is 2.17. The Morgan fingerprint density at radius 3 is 2.86 bits per heavy atom. The summed E-state index contributed by atoms with van der Waals surface area (Å²) in [6.07, 6.45) is -0.499. The fourth-order valence-corrected chi connectivity index (χ4v) is 1.15. The highest BCUT2D eigenvalue weighted by Gasteiger charge is 2.08. The summed E-state index contributed by atoms with van der Waals surface area (Å²) in [5.41, 5.74) is -0.249. The molecule has 0 bridgehead atoms. The zero-order valence-corrected chi connectivity index (χ0v) is 8.97. The van der Waals surface area contributed by atoms with Crippen molar-refractivity contribution < 1.29 is 8.78 Å². The van der Waals surface area contributed by atoms with Gasteiger partial charge in [0.05, 0.1) is 0 Å². The van der Waals surface area contributed by atoms with Crippen LogP contribution in [0.5, 0.6) is 0 Å². The van der Waals surface area contributed by atoms with Gasteiger partial charge in [-0.3, -0.25) is 0 Å². The second kappa shape index (κ2) is 5.85. The van der Waals surface area contributed by atoms with E-state index >= 15 is 0 Å². The average molecular weight is 266 g/mol. The highest BCUT2D eigenvalue weighted by atomic mass is 79.9. The monoisotopic (exact) mass is 265 g/mol. The Hall–Kier alpha value is -0.780. The minimum Gasteiger partial charge on any atom is -0.370 e. The molecule has 1 heterocycles. The molecule has 0 fully saturated rings. The lowest BCUT2D eigenvalue weighted by atomic mass is 10.4. The Kier molecular flexibility index (Phi) is 4.72. The van der Waals surface area contributed by atoms with Crippen molar-refractivity contribution in [2.75, 3.05) is 17.2 Å². The van der Waals surface area contributed by atoms with E-state index in [9.17, 15) is 8.78 Å². The third kappa shape index (κ3) is 3.53. The molecule has 0 aliphatic carbocycles. The van der Waals surface area contributed by atoms with Crippen LogP contribution in [-0.4, -0.2) is 21.8 Å². The molecule has 1 aromatic rings. The standard InChI is InChI=1S/C8H10BrF2N3/c9-2-1-3-12-7-4-6(8(10)11)13-5-14-7/h4-5,8H,1-3H2,(H,12,13,14). The van der Waals surface area contributed by atoms with E-state index in [1.54, 1.807) is 0 Å². The summed E-state index contributed by atoms with van der Waals surface area (Å²) in [6.45, 7) is 0.699. The normalized spacial score (nSPS) is 10.6. The van der Waals surface area contributed by atoms with Crippen LogP contribution in [-0.2, 0) is 0 Å². The van der Waals surface area contributed by atoms with Crippen LogP contribution >= 0.6 is 15.9 Å². The molecule has 1 aromatic heterocycles. The van der Waals surface area contributed by atoms with Gasteiger partial charge in [-0.15, -0.1) is 0 Å². The van der Waals surface area contributed by atoms with Gasteiger partial charge in [0.15, 0.2) is 0 Å². The molecule has 78 valence electrons. The Balaban J connectivity index is 2.55. The van der Waals surface area contributed by atoms with E-state index in [-0.39, 0.29) is 5.69 Å². The van der Waals surface area contributed by atoms with Crippen molar-refractivity contribution in [2.24, 2.45) is 0 Å². The van der Waals surface area contributed by atoms with E-state index in [4.69, 9.17) is 0 Å². The van der Waals surface area contributed by atoms with Gasteiger partial charge in [-0.05, 0) is 6.42 Å². The SMILES string of the molecule is FC(F)c1cc(NCCCBr)ncn1. The summed E-state index contributed by atoms with van der Waals surface area (Å²) in [4.78, 5) is 7.28. The molecule has 14 heavy (non-hydrogen) atoms. The van der Waals surface area contributed by atoms with Gasteiger partial charge in [0, 0.05) is 17.9 Å². The van der Waals surface area contributed by atoms with Crippen molar-refractivity contribution >= 4 is 21.7 Å². The predicted molar refractivity (Wildman–Crippen MR) is 53.9 cm³/mol. The second-order valence-electron chi connectivity index (χ2n) is 2.60. The number of hydrogen-bond donors (Lipinski definition) is 1. The zero-order valence-electron chi connectivity index (χ0n) is 7.38. The van der Waals surface area contributed by atoms with Gasteiger partial charge in [0.2, 0.25) is 0 Å². The quantitative estimate of drug-likeness (QED) is 0.657. The number of aromatic nitrogens is 2. The van der Waals surface area contributed by atoms with Crippen LogP contribution in [0.3, 0.4) is 0 Å². The maximum absolute atomic E-state index is 12.2. The van der Waals surface area contributed by atoms with Crippen molar-refractivity contribution in [3.63, 3.8) is 0 Å². The van der Waals surface area contributed by atoms with E-state index in [0.717, 1.165) is 18.1 Å². The van der Waals surface area contributed by atoms with Crippen LogP contribution in [0.2, 0.25) is 0 Å². The van der Waals surface area contributed by atoms with E-state index in [1.165, 1.54) is 6.07 Å². The first-order valence-corrected chi connectivity index (χ1v) is 5.26. The van der Waals surface area contributed by atoms with E-state index < -0.39 is 6.43 Å². The van der Waals surface area contributed by atoms with Gasteiger partial charge in [0.25, 0.3) is 6.43 Å². The van der Waals surface area contributed by atoms with Gasteiger partial charge >= 0.3 is 0 Å². The minimum absolute atomic E-state index is 0.249. The molecule has 1 N–H and O–H groups in total. The first kappa shape index (κ1) is 11.3. The fourth-order valence-electron chi connectivity index (χ4n) is 0.872. The van der Waals surface area contributed by atoms with Crippen molar-refractivity contribution in [3.05, 3.63) is 18.1 Å². The van der Waals surface area contributed by atoms with E-state index in [1.807, 2.05) is 0 Å². The summed E-state index contributed by atoms with van der Waals surface area (Å²) in [5, 5.41) is 3.79. The summed E-state index contributed by atoms with van der Waals surface area (Å²) in [6, 6.07) is 1.26. The van der Waals surface area contributed by atoms with Crippen molar-refractivity contribution in [1.29, 1.82) is 0 Å². The second-order valence-corrected chi connectivity index (χ2v) is 3.39. The van der Waals surface area contributed by atoms with Gasteiger partial charge in [-0.2, -0.15) is 0 Å². The molecule has 0 saturated heterocycles. The average Bonchev–Trinajstić information content (AvgIpc) is 2.19. The van der Waals surface area contributed by atoms with Gasteiger partial charge in [-0.25, -0.2) is 18.7 Å². The van der Waals surface area contributed by atoms with Crippen LogP contribution in [0.25, 0.3) is 0 Å². The molecule has 0 spiro atoms. The van der Waals surface area contributed by atoms with Crippen LogP contribution in [0.1, 0.15) is 18.5 Å². The topological polar surface area (TPSA) is 37.8 Å². The third-order valence-corrected chi connectivity index (χ3v) is 2.09. The van der Waals surface area contributed by atoms with Gasteiger partial charge in [0.1, 0.15) is 17.8 Å². The number of nitrogens with one attached hydrogen (secondary N) is 1. The lowest BCUT2D eigenvalue weighted by molar-refractivity contribution is 0.146. The van der Waals surface area contributed by atoms with Crippen molar-refractivity contribution in [3.8, 4) is 0 Å². The first-order valence-electron chi connectivity index (χ1n) is 4.14. The molecule has 1 rings (SSSR count). The summed E-state index contributed by atoms with van der Waals surface area (Å²) >= 11 is 3.27. The van der Waals surface area contributed by atoms with Crippen molar-refractivity contribution in [1.82, 2.24) is 9.97 Å². The smallest absolute Gasteiger partial charge is 0.280 e. The maximum Gasteiger partial charge on any atom is 0.280 e. The predicted octanol–water partition coefficient (Wildman–Crippen LogP) is 2.61. The van der Waals surface area contributed by atoms with Crippen LogP contribution < -0.4 is 5.32 Å². The number of hydrogen-bond acceptors (Lipinski definition) is 3. The number of alkyl halides is 3. The van der Waals surface area contributed by atoms with Crippen LogP contribution in [0, 0.1) is 0 Å². The number of anilines is 1. The molecule has 0 atom stereocenters. The molecule has 0 aromatic carbocycles. The molecule has 3 nitrogen and oxygen atoms in total. The Morgan fingerprint density at radius 1 is 1.43 bits per heavy atom. The molecular weight excluding hydrogens is 256 g/mol. The Morgan fingerprint density at radius 2 is 2.21 bits per heavy atom. The van der Waals surface area contributed by atoms with E-state index in [0.29, 0.717) is 12.4 Å². The Bertz CT molecular complexity index is 283. The highest BCUT2D eigenvalue weighted by molar-refractivity contribution is 9.09. The lowest BCUT2D eigenvalue weighted by Crippen LogP contribution is -2.05. The van der Waals surface area contributed by atoms with E-state index in [2.05, 4.69) is 31.2 Å². The Labute approximate surface area is 89.1 Å². The molecule has 0 radical (unpaired) electrons. The maximum atomic E-state index is 12.2. The number of halogens is 3. The summed E-state index contributed by atoms with van der Waals surface area (Å²) < 4.78 is 24.4. The molecule has 0 amide bonds. The summed E-state index contributed by atoms with van der Waals surface area (Å²) in [7, 11) is 0. The minimum atomic E-state index is -2.55. The lowest BCUT2D eigenvalue weighted by Gasteiger charge is -2.04. The van der Waals surface area contributed by atoms with Crippen LogP contribution in [0.15, 0.2) is 12.4 Å². The summed E-state index contributed by atoms with van der Waals surface area (Å²) in [5.74, 6) is 0.441. The van der Waals surface area contributed by atoms with Gasteiger partial charge in [-0.1, -0.05) is 15.9 Å². The number of rotatable bonds is 5. The largest absolute Gasteiger partial charge is 0.370 e. The molecule has 0 aliphatic heterocycles. The van der Waals surface area contributed by atoms with Crippen LogP contribution in [0.4, 0.5) is 14.6 Å². The molecule has 6 heteroatoms. The fraction of sp³-hybridized carbons (Fsp3) is 0.500. The van der Waals surface area contributed by atoms with Gasteiger partial charge < -0.3 is 5.32 Å². The first-order chi connectivity index (χ1) is 6.74. The molecule has 0 aliphatic rings. The zero-order chi connectivity index (χ0) is 10.4. The molecule has 0 saturated carbocycles.